The average Bonchev–Trinajstić information content (AvgIpc) is 2.49. The minimum absolute atomic E-state index is 0.149. The minimum atomic E-state index is 0.149. The van der Waals surface area contributed by atoms with Crippen LogP contribution in [0.3, 0.4) is 0 Å². The summed E-state index contributed by atoms with van der Waals surface area (Å²) < 4.78 is 0. The Morgan fingerprint density at radius 1 is 1.25 bits per heavy atom. The predicted octanol–water partition coefficient (Wildman–Crippen LogP) is 3.48. The molecule has 0 radical (unpaired) electrons. The van der Waals surface area contributed by atoms with E-state index in [1.165, 1.54) is 36.0 Å². The zero-order valence-electron chi connectivity index (χ0n) is 7.31. The van der Waals surface area contributed by atoms with Gasteiger partial charge < -0.3 is 0 Å². The number of fused-ring (bicyclic) bond motifs is 1. The summed E-state index contributed by atoms with van der Waals surface area (Å²) in [6.07, 6.45) is 3.81. The largest absolute Gasteiger partial charge is 0.118 e. The Hall–Kier alpha value is -0.490. The van der Waals surface area contributed by atoms with Crippen LogP contribution in [0, 0.1) is 0 Å². The molecule has 0 spiro atoms. The zero-order valence-corrected chi connectivity index (χ0v) is 8.06. The lowest BCUT2D eigenvalue weighted by Crippen LogP contribution is -1.88. The number of hydrogen-bond donors (Lipinski definition) is 0. The highest BCUT2D eigenvalue weighted by Gasteiger charge is 2.11. The molecule has 1 aromatic carbocycles. The molecule has 0 saturated carbocycles. The van der Waals surface area contributed by atoms with Gasteiger partial charge in [0.1, 0.15) is 0 Å². The highest BCUT2D eigenvalue weighted by molar-refractivity contribution is 6.20. The highest BCUT2D eigenvalue weighted by Crippen LogP contribution is 2.27. The van der Waals surface area contributed by atoms with E-state index < -0.39 is 0 Å². The van der Waals surface area contributed by atoms with Crippen LogP contribution in [0.15, 0.2) is 18.2 Å². The first-order valence-electron chi connectivity index (χ1n) is 4.53. The summed E-state index contributed by atoms with van der Waals surface area (Å²) >= 11 is 6.00. The molecule has 64 valence electrons. The summed E-state index contributed by atoms with van der Waals surface area (Å²) in [6, 6.07) is 6.65. The van der Waals surface area contributed by atoms with Crippen LogP contribution in [0.5, 0.6) is 0 Å². The van der Waals surface area contributed by atoms with Gasteiger partial charge in [-0.05, 0) is 42.9 Å². The number of alkyl halides is 1. The van der Waals surface area contributed by atoms with Crippen LogP contribution in [-0.4, -0.2) is 0 Å². The van der Waals surface area contributed by atoms with E-state index in [2.05, 4.69) is 18.2 Å². The molecule has 0 saturated heterocycles. The monoisotopic (exact) mass is 180 g/mol. The molecule has 0 amide bonds. The summed E-state index contributed by atoms with van der Waals surface area (Å²) in [7, 11) is 0. The molecule has 1 heteroatoms. The van der Waals surface area contributed by atoms with E-state index in [0.717, 1.165) is 0 Å². The van der Waals surface area contributed by atoms with Crippen molar-refractivity contribution in [2.24, 2.45) is 0 Å². The minimum Gasteiger partial charge on any atom is -0.118 e. The number of benzene rings is 1. The van der Waals surface area contributed by atoms with Gasteiger partial charge in [-0.3, -0.25) is 0 Å². The molecule has 1 aliphatic carbocycles. The Morgan fingerprint density at radius 2 is 2.00 bits per heavy atom. The number of hydrogen-bond acceptors (Lipinski definition) is 0. The first kappa shape index (κ1) is 8.12. The summed E-state index contributed by atoms with van der Waals surface area (Å²) in [4.78, 5) is 0. The molecule has 0 bridgehead atoms. The Labute approximate surface area is 78.6 Å². The maximum atomic E-state index is 6.00. The van der Waals surface area contributed by atoms with E-state index in [-0.39, 0.29) is 5.38 Å². The van der Waals surface area contributed by atoms with E-state index in [4.69, 9.17) is 11.6 Å². The van der Waals surface area contributed by atoms with Gasteiger partial charge in [0.05, 0.1) is 5.38 Å². The van der Waals surface area contributed by atoms with E-state index in [0.29, 0.717) is 0 Å². The lowest BCUT2D eigenvalue weighted by Gasteiger charge is -2.05. The second-order valence-electron chi connectivity index (χ2n) is 3.50. The van der Waals surface area contributed by atoms with Gasteiger partial charge in [0.2, 0.25) is 0 Å². The molecule has 1 aliphatic rings. The van der Waals surface area contributed by atoms with Gasteiger partial charge in [-0.2, -0.15) is 0 Å². The summed E-state index contributed by atoms with van der Waals surface area (Å²) in [5, 5.41) is 0.149. The van der Waals surface area contributed by atoms with Crippen LogP contribution in [-0.2, 0) is 12.8 Å². The van der Waals surface area contributed by atoms with E-state index in [1.54, 1.807) is 0 Å². The number of halogens is 1. The fourth-order valence-corrected chi connectivity index (χ4v) is 1.97. The van der Waals surface area contributed by atoms with E-state index in [1.807, 2.05) is 6.92 Å². The first-order valence-corrected chi connectivity index (χ1v) is 4.97. The molecule has 1 aromatic rings. The van der Waals surface area contributed by atoms with Gasteiger partial charge in [0, 0.05) is 0 Å². The molecule has 0 nitrogen and oxygen atoms in total. The standard InChI is InChI=1S/C11H13Cl/c1-8(12)10-6-5-9-3-2-4-11(9)7-10/h5-8H,2-4H2,1H3/t8-/m0/s1. The molecular weight excluding hydrogens is 168 g/mol. The Morgan fingerprint density at radius 3 is 2.75 bits per heavy atom. The maximum absolute atomic E-state index is 6.00. The molecule has 1 atom stereocenters. The van der Waals surface area contributed by atoms with Crippen LogP contribution in [0.1, 0.15) is 35.4 Å². The smallest absolute Gasteiger partial charge is 0.0557 e. The summed E-state index contributed by atoms with van der Waals surface area (Å²) in [5.41, 5.74) is 4.30. The molecule has 2 rings (SSSR count). The number of aryl methyl sites for hydroxylation is 2. The van der Waals surface area contributed by atoms with E-state index in [9.17, 15) is 0 Å². The molecular formula is C11H13Cl. The third-order valence-corrected chi connectivity index (χ3v) is 2.83. The van der Waals surface area contributed by atoms with Gasteiger partial charge in [0.15, 0.2) is 0 Å². The van der Waals surface area contributed by atoms with Crippen molar-refractivity contribution in [3.63, 3.8) is 0 Å². The highest BCUT2D eigenvalue weighted by atomic mass is 35.5. The van der Waals surface area contributed by atoms with Crippen molar-refractivity contribution in [1.29, 1.82) is 0 Å². The van der Waals surface area contributed by atoms with Gasteiger partial charge >= 0.3 is 0 Å². The number of rotatable bonds is 1. The summed E-state index contributed by atoms with van der Waals surface area (Å²) in [5.74, 6) is 0. The van der Waals surface area contributed by atoms with E-state index >= 15 is 0 Å². The molecule has 0 N–H and O–H groups in total. The molecule has 0 fully saturated rings. The van der Waals surface area contributed by atoms with Gasteiger partial charge in [-0.1, -0.05) is 18.2 Å². The first-order chi connectivity index (χ1) is 5.77. The maximum Gasteiger partial charge on any atom is 0.0557 e. The fourth-order valence-electron chi connectivity index (χ4n) is 1.84. The second-order valence-corrected chi connectivity index (χ2v) is 4.15. The van der Waals surface area contributed by atoms with Crippen molar-refractivity contribution < 1.29 is 0 Å². The van der Waals surface area contributed by atoms with Crippen molar-refractivity contribution in [3.05, 3.63) is 34.9 Å². The molecule has 0 unspecified atom stereocenters. The second kappa shape index (κ2) is 3.10. The molecule has 12 heavy (non-hydrogen) atoms. The van der Waals surface area contributed by atoms with Crippen LogP contribution < -0.4 is 0 Å². The lowest BCUT2D eigenvalue weighted by atomic mass is 10.1. The van der Waals surface area contributed by atoms with Gasteiger partial charge in [-0.25, -0.2) is 0 Å². The predicted molar refractivity (Wildman–Crippen MR) is 52.7 cm³/mol. The van der Waals surface area contributed by atoms with Crippen LogP contribution in [0.2, 0.25) is 0 Å². The molecule has 0 aliphatic heterocycles. The Balaban J connectivity index is 2.39. The van der Waals surface area contributed by atoms with Crippen LogP contribution in [0.25, 0.3) is 0 Å². The molecule has 0 aromatic heterocycles. The van der Waals surface area contributed by atoms with Crippen molar-refractivity contribution in [2.75, 3.05) is 0 Å². The molecule has 0 heterocycles. The third kappa shape index (κ3) is 1.36. The van der Waals surface area contributed by atoms with Crippen LogP contribution in [0.4, 0.5) is 0 Å². The average molecular weight is 181 g/mol. The van der Waals surface area contributed by atoms with Crippen molar-refractivity contribution in [2.45, 2.75) is 31.6 Å². The SMILES string of the molecule is C[C@H](Cl)c1ccc2c(c1)CCC2. The van der Waals surface area contributed by atoms with Crippen molar-refractivity contribution in [1.82, 2.24) is 0 Å². The van der Waals surface area contributed by atoms with Gasteiger partial charge in [-0.15, -0.1) is 11.6 Å². The quantitative estimate of drug-likeness (QED) is 0.581. The zero-order chi connectivity index (χ0) is 8.55. The van der Waals surface area contributed by atoms with Crippen molar-refractivity contribution >= 4 is 11.6 Å². The normalized spacial score (nSPS) is 17.5. The Kier molecular flexibility index (Phi) is 2.10. The topological polar surface area (TPSA) is 0 Å². The van der Waals surface area contributed by atoms with Crippen LogP contribution >= 0.6 is 11.6 Å². The summed E-state index contributed by atoms with van der Waals surface area (Å²) in [6.45, 7) is 2.03. The lowest BCUT2D eigenvalue weighted by molar-refractivity contribution is 0.911. The Bertz CT molecular complexity index is 289. The third-order valence-electron chi connectivity index (χ3n) is 2.58. The fraction of sp³-hybridized carbons (Fsp3) is 0.455. The van der Waals surface area contributed by atoms with Gasteiger partial charge in [0.25, 0.3) is 0 Å². The van der Waals surface area contributed by atoms with Crippen molar-refractivity contribution in [3.8, 4) is 0 Å².